The van der Waals surface area contributed by atoms with Gasteiger partial charge in [-0.25, -0.2) is 0 Å². The highest BCUT2D eigenvalue weighted by molar-refractivity contribution is 5.95. The average Bonchev–Trinajstić information content (AvgIpc) is 3.17. The van der Waals surface area contributed by atoms with E-state index in [9.17, 15) is 9.59 Å². The summed E-state index contributed by atoms with van der Waals surface area (Å²) in [7, 11) is 2.09. The number of aryl methyl sites for hydroxylation is 1. The Bertz CT molecular complexity index is 1410. The zero-order valence-electron chi connectivity index (χ0n) is 19.2. The van der Waals surface area contributed by atoms with E-state index < -0.39 is 6.04 Å². The predicted octanol–water partition coefficient (Wildman–Crippen LogP) is 2.78. The maximum absolute atomic E-state index is 13.5. The normalized spacial score (nSPS) is 19.3. The van der Waals surface area contributed by atoms with Crippen LogP contribution in [-0.2, 0) is 29.7 Å². The highest BCUT2D eigenvalue weighted by Crippen LogP contribution is 2.24. The summed E-state index contributed by atoms with van der Waals surface area (Å²) in [5.74, 6) is 0.0529. The molecule has 6 rings (SSSR count). The highest BCUT2D eigenvalue weighted by atomic mass is 16.2. The first kappa shape index (κ1) is 20.9. The molecule has 4 aromatic rings. The first-order chi connectivity index (χ1) is 16.6. The maximum Gasteiger partial charge on any atom is 0.247 e. The Balaban J connectivity index is 1.19. The van der Waals surface area contributed by atoms with E-state index in [0.29, 0.717) is 19.6 Å². The first-order valence-corrected chi connectivity index (χ1v) is 11.7. The van der Waals surface area contributed by atoms with Gasteiger partial charge < -0.3 is 14.4 Å². The van der Waals surface area contributed by atoms with Gasteiger partial charge in [0.25, 0.3) is 0 Å². The molecule has 2 saturated heterocycles. The number of para-hydroxylation sites is 2. The number of hydrogen-bond donors (Lipinski definition) is 0. The topological polar surface area (TPSA) is 61.7 Å². The minimum absolute atomic E-state index is 0.0227. The Morgan fingerprint density at radius 3 is 2.59 bits per heavy atom. The van der Waals surface area contributed by atoms with Gasteiger partial charge in [-0.05, 0) is 35.2 Å². The molecule has 172 valence electrons. The number of amides is 2. The highest BCUT2D eigenvalue weighted by Gasteiger charge is 2.42. The summed E-state index contributed by atoms with van der Waals surface area (Å²) in [4.78, 5) is 36.6. The summed E-state index contributed by atoms with van der Waals surface area (Å²) in [6.45, 7) is 3.20. The van der Waals surface area contributed by atoms with Gasteiger partial charge in [-0.2, -0.15) is 0 Å². The smallest absolute Gasteiger partial charge is 0.247 e. The molecule has 2 aromatic heterocycles. The number of pyridine rings is 1. The molecule has 7 heteroatoms. The molecule has 0 bridgehead atoms. The number of aromatic nitrogens is 2. The molecule has 34 heavy (non-hydrogen) atoms. The Kier molecular flexibility index (Phi) is 5.07. The standard InChI is InChI=1S/C27H27N5O2/c1-29-22(13-21-7-3-5-9-24(21)29)16-30-10-11-32-25(17-30)27(34)31(18-26(32)33)15-19-12-20-6-2-4-8-23(20)28-14-19/h2-9,12-14,25H,10-11,15-18H2,1H3. The first-order valence-electron chi connectivity index (χ1n) is 11.7. The maximum atomic E-state index is 13.5. The van der Waals surface area contributed by atoms with Crippen LogP contribution < -0.4 is 0 Å². The summed E-state index contributed by atoms with van der Waals surface area (Å²) < 4.78 is 2.22. The Morgan fingerprint density at radius 1 is 0.941 bits per heavy atom. The van der Waals surface area contributed by atoms with E-state index >= 15 is 0 Å². The lowest BCUT2D eigenvalue weighted by molar-refractivity contribution is -0.160. The fourth-order valence-corrected chi connectivity index (χ4v) is 5.32. The van der Waals surface area contributed by atoms with Crippen LogP contribution in [-0.4, -0.2) is 68.3 Å². The van der Waals surface area contributed by atoms with E-state index in [-0.39, 0.29) is 18.4 Å². The molecule has 0 radical (unpaired) electrons. The third-order valence-electron chi connectivity index (χ3n) is 7.16. The number of piperazine rings is 2. The summed E-state index contributed by atoms with van der Waals surface area (Å²) in [5.41, 5.74) is 4.28. The molecule has 7 nitrogen and oxygen atoms in total. The molecule has 4 heterocycles. The van der Waals surface area contributed by atoms with Gasteiger partial charge in [-0.3, -0.25) is 19.5 Å². The van der Waals surface area contributed by atoms with Crippen molar-refractivity contribution in [2.45, 2.75) is 19.1 Å². The number of nitrogens with zero attached hydrogens (tertiary/aromatic N) is 5. The molecule has 0 saturated carbocycles. The van der Waals surface area contributed by atoms with Gasteiger partial charge in [0.1, 0.15) is 12.6 Å². The van der Waals surface area contributed by atoms with Crippen molar-refractivity contribution in [1.29, 1.82) is 0 Å². The molecule has 0 N–H and O–H groups in total. The lowest BCUT2D eigenvalue weighted by Crippen LogP contribution is -2.66. The second kappa shape index (κ2) is 8.25. The van der Waals surface area contributed by atoms with Crippen molar-refractivity contribution in [1.82, 2.24) is 24.3 Å². The Morgan fingerprint density at radius 2 is 1.74 bits per heavy atom. The molecule has 2 aromatic carbocycles. The minimum Gasteiger partial charge on any atom is -0.346 e. The van der Waals surface area contributed by atoms with Gasteiger partial charge >= 0.3 is 0 Å². The van der Waals surface area contributed by atoms with Gasteiger partial charge in [0, 0.05) is 62.6 Å². The SMILES string of the molecule is Cn1c(CN2CCN3C(=O)CN(Cc4cnc5ccccc5c4)C(=O)C3C2)cc2ccccc21. The molecular weight excluding hydrogens is 426 g/mol. The largest absolute Gasteiger partial charge is 0.346 e. The van der Waals surface area contributed by atoms with Crippen LogP contribution in [0.1, 0.15) is 11.3 Å². The average molecular weight is 454 g/mol. The van der Waals surface area contributed by atoms with Crippen LogP contribution in [0.2, 0.25) is 0 Å². The second-order valence-electron chi connectivity index (χ2n) is 9.32. The summed E-state index contributed by atoms with van der Waals surface area (Å²) >= 11 is 0. The third-order valence-corrected chi connectivity index (χ3v) is 7.16. The number of benzene rings is 2. The van der Waals surface area contributed by atoms with Gasteiger partial charge in [-0.15, -0.1) is 0 Å². The van der Waals surface area contributed by atoms with Crippen LogP contribution in [0.15, 0.2) is 66.9 Å². The third kappa shape index (κ3) is 3.62. The van der Waals surface area contributed by atoms with Gasteiger partial charge in [-0.1, -0.05) is 36.4 Å². The van der Waals surface area contributed by atoms with Crippen molar-refractivity contribution in [3.63, 3.8) is 0 Å². The van der Waals surface area contributed by atoms with Crippen molar-refractivity contribution in [3.05, 3.63) is 78.1 Å². The molecular formula is C27H27N5O2. The van der Waals surface area contributed by atoms with Crippen molar-refractivity contribution in [2.75, 3.05) is 26.2 Å². The van der Waals surface area contributed by atoms with E-state index in [1.165, 1.54) is 16.6 Å². The van der Waals surface area contributed by atoms with Crippen molar-refractivity contribution >= 4 is 33.6 Å². The lowest BCUT2D eigenvalue weighted by Gasteiger charge is -2.46. The predicted molar refractivity (Wildman–Crippen MR) is 131 cm³/mol. The van der Waals surface area contributed by atoms with Crippen molar-refractivity contribution in [2.24, 2.45) is 7.05 Å². The van der Waals surface area contributed by atoms with E-state index in [2.05, 4.69) is 57.9 Å². The summed E-state index contributed by atoms with van der Waals surface area (Å²) in [6, 6.07) is 20.1. The molecule has 2 amide bonds. The number of carbonyl (C=O) groups excluding carboxylic acids is 2. The van der Waals surface area contributed by atoms with Gasteiger partial charge in [0.05, 0.1) is 5.52 Å². The summed E-state index contributed by atoms with van der Waals surface area (Å²) in [5, 5.41) is 2.26. The van der Waals surface area contributed by atoms with Crippen LogP contribution in [0.4, 0.5) is 0 Å². The number of carbonyl (C=O) groups is 2. The molecule has 0 aliphatic carbocycles. The van der Waals surface area contributed by atoms with Crippen LogP contribution in [0.25, 0.3) is 21.8 Å². The Hall–Kier alpha value is -3.71. The molecule has 1 unspecified atom stereocenters. The molecule has 1 atom stereocenters. The fourth-order valence-electron chi connectivity index (χ4n) is 5.32. The second-order valence-corrected chi connectivity index (χ2v) is 9.32. The Labute approximate surface area is 198 Å². The monoisotopic (exact) mass is 453 g/mol. The van der Waals surface area contributed by atoms with Crippen LogP contribution in [0.3, 0.4) is 0 Å². The number of rotatable bonds is 4. The molecule has 2 fully saturated rings. The molecule has 2 aliphatic heterocycles. The van der Waals surface area contributed by atoms with Crippen LogP contribution in [0.5, 0.6) is 0 Å². The van der Waals surface area contributed by atoms with Crippen LogP contribution >= 0.6 is 0 Å². The molecule has 0 spiro atoms. The van der Waals surface area contributed by atoms with Gasteiger partial charge in [0.15, 0.2) is 0 Å². The van der Waals surface area contributed by atoms with E-state index in [1.807, 2.05) is 24.3 Å². The quantitative estimate of drug-likeness (QED) is 0.477. The minimum atomic E-state index is -0.432. The zero-order chi connectivity index (χ0) is 23.2. The fraction of sp³-hybridized carbons (Fsp3) is 0.296. The van der Waals surface area contributed by atoms with Crippen LogP contribution in [0, 0.1) is 0 Å². The van der Waals surface area contributed by atoms with Gasteiger partial charge in [0.2, 0.25) is 11.8 Å². The van der Waals surface area contributed by atoms with E-state index in [4.69, 9.17) is 0 Å². The number of hydrogen-bond acceptors (Lipinski definition) is 4. The lowest BCUT2D eigenvalue weighted by atomic mass is 10.1. The van der Waals surface area contributed by atoms with Crippen molar-refractivity contribution < 1.29 is 9.59 Å². The summed E-state index contributed by atoms with van der Waals surface area (Å²) in [6.07, 6.45) is 1.81. The zero-order valence-corrected chi connectivity index (χ0v) is 19.2. The molecule has 2 aliphatic rings. The van der Waals surface area contributed by atoms with E-state index in [0.717, 1.165) is 29.6 Å². The number of fused-ring (bicyclic) bond motifs is 3. The van der Waals surface area contributed by atoms with E-state index in [1.54, 1.807) is 16.0 Å². The van der Waals surface area contributed by atoms with Crippen molar-refractivity contribution in [3.8, 4) is 0 Å².